The van der Waals surface area contributed by atoms with E-state index < -0.39 is 20.0 Å². The van der Waals surface area contributed by atoms with E-state index >= 15 is 0 Å². The van der Waals surface area contributed by atoms with Crippen molar-refractivity contribution in [3.8, 4) is 0 Å². The number of hydrogen-bond donors (Lipinski definition) is 0. The monoisotopic (exact) mass is 298 g/mol. The molecule has 0 atom stereocenters. The van der Waals surface area contributed by atoms with E-state index in [0.29, 0.717) is 25.9 Å². The van der Waals surface area contributed by atoms with Gasteiger partial charge in [-0.05, 0) is 19.8 Å². The molecule has 0 N–H and O–H groups in total. The van der Waals surface area contributed by atoms with Gasteiger partial charge in [0.1, 0.15) is 0 Å². The van der Waals surface area contributed by atoms with Crippen LogP contribution in [-0.2, 0) is 20.0 Å². The van der Waals surface area contributed by atoms with Crippen LogP contribution in [0.3, 0.4) is 0 Å². The normalized spacial score (nSPS) is 20.8. The second kappa shape index (κ2) is 6.31. The fourth-order valence-corrected chi connectivity index (χ4v) is 4.67. The number of nitrogens with zero attached hydrogens (tertiary/aromatic N) is 2. The average Bonchev–Trinajstić information content (AvgIpc) is 2.55. The average molecular weight is 298 g/mol. The Kier molecular flexibility index (Phi) is 5.57. The van der Waals surface area contributed by atoms with Gasteiger partial charge in [0.25, 0.3) is 0 Å². The smallest absolute Gasteiger partial charge is 0.212 e. The van der Waals surface area contributed by atoms with Crippen LogP contribution in [0.1, 0.15) is 26.7 Å². The summed E-state index contributed by atoms with van der Waals surface area (Å²) in [5.41, 5.74) is 0. The Morgan fingerprint density at radius 3 is 1.78 bits per heavy atom. The summed E-state index contributed by atoms with van der Waals surface area (Å²) in [4.78, 5) is 0. The predicted molar refractivity (Wildman–Crippen MR) is 71.3 cm³/mol. The Labute approximate surface area is 110 Å². The molecule has 0 spiro atoms. The van der Waals surface area contributed by atoms with Crippen LogP contribution in [0, 0.1) is 0 Å². The van der Waals surface area contributed by atoms with Crippen molar-refractivity contribution in [2.24, 2.45) is 0 Å². The first kappa shape index (κ1) is 15.9. The highest BCUT2D eigenvalue weighted by atomic mass is 32.2. The molecule has 8 heteroatoms. The third-order valence-corrected chi connectivity index (χ3v) is 6.99. The highest BCUT2D eigenvalue weighted by Gasteiger charge is 2.28. The molecule has 1 heterocycles. The zero-order valence-corrected chi connectivity index (χ0v) is 12.6. The summed E-state index contributed by atoms with van der Waals surface area (Å²) in [6.07, 6.45) is 1.14. The SMILES string of the molecule is CCCS(=O)(=O)N1CCCN(S(=O)(=O)CC)CC1. The Hall–Kier alpha value is -0.180. The molecule has 0 radical (unpaired) electrons. The van der Waals surface area contributed by atoms with Crippen LogP contribution >= 0.6 is 0 Å². The lowest BCUT2D eigenvalue weighted by Crippen LogP contribution is -2.38. The van der Waals surface area contributed by atoms with E-state index in [1.54, 1.807) is 6.92 Å². The summed E-state index contributed by atoms with van der Waals surface area (Å²) >= 11 is 0. The van der Waals surface area contributed by atoms with Crippen LogP contribution in [0.25, 0.3) is 0 Å². The fraction of sp³-hybridized carbons (Fsp3) is 1.00. The third kappa shape index (κ3) is 3.91. The molecule has 0 aliphatic carbocycles. The van der Waals surface area contributed by atoms with Crippen LogP contribution in [0.4, 0.5) is 0 Å². The molecule has 0 unspecified atom stereocenters. The minimum Gasteiger partial charge on any atom is -0.212 e. The fourth-order valence-electron chi connectivity index (χ4n) is 2.00. The molecule has 0 saturated carbocycles. The molecular formula is C10H22N2O4S2. The van der Waals surface area contributed by atoms with Gasteiger partial charge >= 0.3 is 0 Å². The van der Waals surface area contributed by atoms with E-state index in [1.165, 1.54) is 8.61 Å². The first-order valence-electron chi connectivity index (χ1n) is 6.29. The first-order chi connectivity index (χ1) is 8.33. The van der Waals surface area contributed by atoms with Gasteiger partial charge in [-0.15, -0.1) is 0 Å². The van der Waals surface area contributed by atoms with Gasteiger partial charge in [0.2, 0.25) is 20.0 Å². The maximum atomic E-state index is 11.9. The summed E-state index contributed by atoms with van der Waals surface area (Å²) in [5.74, 6) is 0.197. The topological polar surface area (TPSA) is 74.8 Å². The molecule has 1 fully saturated rings. The Balaban J connectivity index is 2.73. The molecule has 1 saturated heterocycles. The number of sulfonamides is 2. The molecule has 108 valence electrons. The molecule has 0 bridgehead atoms. The van der Waals surface area contributed by atoms with Crippen LogP contribution in [-0.4, -0.2) is 63.1 Å². The number of hydrogen-bond acceptors (Lipinski definition) is 4. The molecule has 0 aromatic rings. The van der Waals surface area contributed by atoms with E-state index in [-0.39, 0.29) is 24.6 Å². The standard InChI is InChI=1S/C10H22N2O4S2/c1-3-10-18(15,16)12-7-5-6-11(8-9-12)17(13,14)4-2/h3-10H2,1-2H3. The predicted octanol–water partition coefficient (Wildman–Crippen LogP) is 0.0836. The second-order valence-corrected chi connectivity index (χ2v) is 8.71. The molecule has 6 nitrogen and oxygen atoms in total. The molecule has 18 heavy (non-hydrogen) atoms. The van der Waals surface area contributed by atoms with Gasteiger partial charge in [0, 0.05) is 26.2 Å². The lowest BCUT2D eigenvalue weighted by Gasteiger charge is -2.21. The third-order valence-electron chi connectivity index (χ3n) is 3.03. The Bertz CT molecular complexity index is 458. The van der Waals surface area contributed by atoms with E-state index in [2.05, 4.69) is 0 Å². The largest absolute Gasteiger partial charge is 0.214 e. The quantitative estimate of drug-likeness (QED) is 0.720. The van der Waals surface area contributed by atoms with Gasteiger partial charge in [0.15, 0.2) is 0 Å². The highest BCUT2D eigenvalue weighted by Crippen LogP contribution is 2.12. The van der Waals surface area contributed by atoms with Gasteiger partial charge in [-0.1, -0.05) is 6.92 Å². The van der Waals surface area contributed by atoms with Gasteiger partial charge in [-0.3, -0.25) is 0 Å². The lowest BCUT2D eigenvalue weighted by molar-refractivity contribution is 0.405. The Morgan fingerprint density at radius 1 is 0.833 bits per heavy atom. The molecular weight excluding hydrogens is 276 g/mol. The Morgan fingerprint density at radius 2 is 1.33 bits per heavy atom. The highest BCUT2D eigenvalue weighted by molar-refractivity contribution is 7.89. The van der Waals surface area contributed by atoms with Crippen LogP contribution in [0.15, 0.2) is 0 Å². The van der Waals surface area contributed by atoms with Crippen molar-refractivity contribution in [1.82, 2.24) is 8.61 Å². The lowest BCUT2D eigenvalue weighted by atomic mass is 10.4. The zero-order valence-electron chi connectivity index (χ0n) is 11.0. The van der Waals surface area contributed by atoms with Crippen molar-refractivity contribution >= 4 is 20.0 Å². The van der Waals surface area contributed by atoms with Crippen molar-refractivity contribution in [2.45, 2.75) is 26.7 Å². The first-order valence-corrected chi connectivity index (χ1v) is 9.51. The van der Waals surface area contributed by atoms with Crippen molar-refractivity contribution in [2.75, 3.05) is 37.7 Å². The minimum atomic E-state index is -3.22. The van der Waals surface area contributed by atoms with Crippen molar-refractivity contribution in [3.63, 3.8) is 0 Å². The molecule has 1 aliphatic rings. The van der Waals surface area contributed by atoms with Crippen LogP contribution < -0.4 is 0 Å². The summed E-state index contributed by atoms with van der Waals surface area (Å²) in [6.45, 7) is 4.78. The van der Waals surface area contributed by atoms with Crippen molar-refractivity contribution in [1.29, 1.82) is 0 Å². The van der Waals surface area contributed by atoms with E-state index in [9.17, 15) is 16.8 Å². The van der Waals surface area contributed by atoms with Crippen LogP contribution in [0.5, 0.6) is 0 Å². The summed E-state index contributed by atoms with van der Waals surface area (Å²) in [5, 5.41) is 0. The summed E-state index contributed by atoms with van der Waals surface area (Å²) in [6, 6.07) is 0. The van der Waals surface area contributed by atoms with Crippen LogP contribution in [0.2, 0.25) is 0 Å². The van der Waals surface area contributed by atoms with Gasteiger partial charge in [0.05, 0.1) is 11.5 Å². The molecule has 0 amide bonds. The van der Waals surface area contributed by atoms with E-state index in [0.717, 1.165) is 0 Å². The molecule has 1 rings (SSSR count). The molecule has 0 aromatic carbocycles. The van der Waals surface area contributed by atoms with E-state index in [1.807, 2.05) is 6.92 Å². The van der Waals surface area contributed by atoms with Crippen molar-refractivity contribution < 1.29 is 16.8 Å². The van der Waals surface area contributed by atoms with E-state index in [4.69, 9.17) is 0 Å². The van der Waals surface area contributed by atoms with Gasteiger partial charge in [-0.2, -0.15) is 0 Å². The summed E-state index contributed by atoms with van der Waals surface area (Å²) in [7, 11) is -6.43. The minimum absolute atomic E-state index is 0.0642. The molecule has 0 aromatic heterocycles. The second-order valence-electron chi connectivity index (χ2n) is 4.37. The van der Waals surface area contributed by atoms with Gasteiger partial charge < -0.3 is 0 Å². The van der Waals surface area contributed by atoms with Crippen molar-refractivity contribution in [3.05, 3.63) is 0 Å². The van der Waals surface area contributed by atoms with Gasteiger partial charge in [-0.25, -0.2) is 25.4 Å². The maximum absolute atomic E-state index is 11.9. The maximum Gasteiger partial charge on any atom is 0.214 e. The summed E-state index contributed by atoms with van der Waals surface area (Å²) < 4.78 is 50.2. The zero-order chi connectivity index (χ0) is 13.8. The molecule has 1 aliphatic heterocycles. The number of rotatable bonds is 5.